The molecule has 0 unspecified atom stereocenters. The zero-order valence-corrected chi connectivity index (χ0v) is 5.93. The fourth-order valence-corrected chi connectivity index (χ4v) is 0.902. The summed E-state index contributed by atoms with van der Waals surface area (Å²) < 4.78 is 10.5. The van der Waals surface area contributed by atoms with E-state index in [2.05, 4.69) is 6.92 Å². The average Bonchev–Trinajstić information content (AvgIpc) is 2.13. The number of rotatable bonds is 1. The van der Waals surface area contributed by atoms with Crippen LogP contribution in [0, 0.1) is 5.92 Å². The van der Waals surface area contributed by atoms with E-state index in [0.29, 0.717) is 5.92 Å². The third-order valence-electron chi connectivity index (χ3n) is 1.66. The van der Waals surface area contributed by atoms with Gasteiger partial charge in [0, 0.05) is 5.92 Å². The molecule has 0 aromatic heterocycles. The van der Waals surface area contributed by atoms with Crippen LogP contribution in [0.5, 0.6) is 0 Å². The average molecular weight is 130 g/mol. The molecule has 2 heteroatoms. The van der Waals surface area contributed by atoms with Crippen molar-refractivity contribution in [2.24, 2.45) is 5.92 Å². The molecule has 2 nitrogen and oxygen atoms in total. The first-order chi connectivity index (χ1) is 4.43. The van der Waals surface area contributed by atoms with Crippen molar-refractivity contribution >= 4 is 0 Å². The van der Waals surface area contributed by atoms with Gasteiger partial charge in [-0.3, -0.25) is 0 Å². The molecule has 0 aromatic rings. The zero-order chi connectivity index (χ0) is 6.53. The van der Waals surface area contributed by atoms with Gasteiger partial charge in [-0.2, -0.15) is 0 Å². The van der Waals surface area contributed by atoms with Gasteiger partial charge in [0.05, 0.1) is 26.4 Å². The Bertz CT molecular complexity index is 65.3. The largest absolute Gasteiger partial charge is 0.379 e. The second-order valence-electron chi connectivity index (χ2n) is 2.42. The molecule has 1 rings (SSSR count). The lowest BCUT2D eigenvalue weighted by Gasteiger charge is -2.07. The van der Waals surface area contributed by atoms with Crippen molar-refractivity contribution in [2.45, 2.75) is 13.3 Å². The summed E-state index contributed by atoms with van der Waals surface area (Å²) in [5.41, 5.74) is 0. The van der Waals surface area contributed by atoms with Crippen LogP contribution in [0.1, 0.15) is 13.3 Å². The smallest absolute Gasteiger partial charge is 0.0700 e. The minimum absolute atomic E-state index is 0.632. The topological polar surface area (TPSA) is 18.5 Å². The number of ether oxygens (including phenoxy) is 2. The predicted molar refractivity (Wildman–Crippen MR) is 35.4 cm³/mol. The summed E-state index contributed by atoms with van der Waals surface area (Å²) in [4.78, 5) is 0. The van der Waals surface area contributed by atoms with E-state index in [0.717, 1.165) is 26.4 Å². The summed E-state index contributed by atoms with van der Waals surface area (Å²) in [6.45, 7) is 5.49. The van der Waals surface area contributed by atoms with Crippen molar-refractivity contribution in [3.63, 3.8) is 0 Å². The normalized spacial score (nSPS) is 23.7. The van der Waals surface area contributed by atoms with Crippen LogP contribution in [-0.4, -0.2) is 26.4 Å². The molecule has 0 radical (unpaired) electrons. The number of hydrogen-bond acceptors (Lipinski definition) is 2. The maximum atomic E-state index is 5.27. The van der Waals surface area contributed by atoms with E-state index in [1.807, 2.05) is 0 Å². The van der Waals surface area contributed by atoms with Crippen LogP contribution < -0.4 is 0 Å². The van der Waals surface area contributed by atoms with Gasteiger partial charge in [0.25, 0.3) is 0 Å². The van der Waals surface area contributed by atoms with E-state index in [4.69, 9.17) is 9.47 Å². The summed E-state index contributed by atoms with van der Waals surface area (Å²) in [5, 5.41) is 0. The van der Waals surface area contributed by atoms with Crippen LogP contribution in [0.15, 0.2) is 0 Å². The van der Waals surface area contributed by atoms with Gasteiger partial charge < -0.3 is 9.47 Å². The van der Waals surface area contributed by atoms with Crippen molar-refractivity contribution in [2.75, 3.05) is 26.4 Å². The fourth-order valence-electron chi connectivity index (χ4n) is 0.902. The van der Waals surface area contributed by atoms with Gasteiger partial charge in [-0.05, 0) is 6.42 Å². The molecule has 1 saturated heterocycles. The van der Waals surface area contributed by atoms with Crippen molar-refractivity contribution in [1.29, 1.82) is 0 Å². The molecule has 1 fully saturated rings. The molecule has 1 aliphatic rings. The Hall–Kier alpha value is -0.0800. The van der Waals surface area contributed by atoms with E-state index in [1.165, 1.54) is 6.42 Å². The highest BCUT2D eigenvalue weighted by Gasteiger charge is 2.09. The van der Waals surface area contributed by atoms with Gasteiger partial charge in [0.15, 0.2) is 0 Å². The van der Waals surface area contributed by atoms with E-state index in [-0.39, 0.29) is 0 Å². The molecular formula is C7H14O2. The molecular weight excluding hydrogens is 116 g/mol. The van der Waals surface area contributed by atoms with E-state index >= 15 is 0 Å². The van der Waals surface area contributed by atoms with Gasteiger partial charge in [-0.15, -0.1) is 0 Å². The monoisotopic (exact) mass is 130 g/mol. The summed E-state index contributed by atoms with van der Waals surface area (Å²) in [6, 6.07) is 0. The van der Waals surface area contributed by atoms with Gasteiger partial charge in [-0.25, -0.2) is 0 Å². The standard InChI is InChI=1S/C7H14O2/c1-2-7-5-8-3-4-9-6-7/h7H,2-6H2,1H3. The maximum Gasteiger partial charge on any atom is 0.0700 e. The third kappa shape index (κ3) is 2.33. The Morgan fingerprint density at radius 3 is 2.22 bits per heavy atom. The van der Waals surface area contributed by atoms with Crippen molar-refractivity contribution in [3.8, 4) is 0 Å². The molecule has 1 heterocycles. The SMILES string of the molecule is CCC1COCCOC1. The summed E-state index contributed by atoms with van der Waals surface area (Å²) in [7, 11) is 0. The van der Waals surface area contributed by atoms with Crippen LogP contribution >= 0.6 is 0 Å². The Kier molecular flexibility index (Phi) is 3.01. The molecule has 1 aliphatic heterocycles. The van der Waals surface area contributed by atoms with E-state index in [9.17, 15) is 0 Å². The fraction of sp³-hybridized carbons (Fsp3) is 1.00. The molecule has 0 atom stereocenters. The molecule has 0 spiro atoms. The predicted octanol–water partition coefficient (Wildman–Crippen LogP) is 1.06. The third-order valence-corrected chi connectivity index (χ3v) is 1.66. The lowest BCUT2D eigenvalue weighted by atomic mass is 10.1. The zero-order valence-electron chi connectivity index (χ0n) is 5.93. The molecule has 0 bridgehead atoms. The Labute approximate surface area is 56.2 Å². The van der Waals surface area contributed by atoms with Crippen LogP contribution in [0.2, 0.25) is 0 Å². The molecule has 0 amide bonds. The maximum absolute atomic E-state index is 5.27. The van der Waals surface area contributed by atoms with Gasteiger partial charge in [0.1, 0.15) is 0 Å². The first kappa shape index (κ1) is 7.03. The molecule has 0 saturated carbocycles. The summed E-state index contributed by atoms with van der Waals surface area (Å²) >= 11 is 0. The van der Waals surface area contributed by atoms with Crippen molar-refractivity contribution in [1.82, 2.24) is 0 Å². The lowest BCUT2D eigenvalue weighted by Crippen LogP contribution is -2.10. The first-order valence-corrected chi connectivity index (χ1v) is 3.59. The summed E-state index contributed by atoms with van der Waals surface area (Å²) in [5.74, 6) is 0.632. The van der Waals surface area contributed by atoms with Crippen LogP contribution in [0.4, 0.5) is 0 Å². The minimum atomic E-state index is 0.632. The minimum Gasteiger partial charge on any atom is -0.379 e. The van der Waals surface area contributed by atoms with Crippen LogP contribution in [0.25, 0.3) is 0 Å². The first-order valence-electron chi connectivity index (χ1n) is 3.59. The Morgan fingerprint density at radius 1 is 1.22 bits per heavy atom. The van der Waals surface area contributed by atoms with Gasteiger partial charge in [0.2, 0.25) is 0 Å². The van der Waals surface area contributed by atoms with Gasteiger partial charge >= 0.3 is 0 Å². The van der Waals surface area contributed by atoms with Crippen LogP contribution in [-0.2, 0) is 9.47 Å². The highest BCUT2D eigenvalue weighted by molar-refractivity contribution is 4.56. The highest BCUT2D eigenvalue weighted by atomic mass is 16.5. The number of hydrogen-bond donors (Lipinski definition) is 0. The molecule has 0 aliphatic carbocycles. The van der Waals surface area contributed by atoms with E-state index in [1.54, 1.807) is 0 Å². The second kappa shape index (κ2) is 3.85. The molecule has 0 N–H and O–H groups in total. The Morgan fingerprint density at radius 2 is 1.78 bits per heavy atom. The highest BCUT2D eigenvalue weighted by Crippen LogP contribution is 2.06. The molecule has 9 heavy (non-hydrogen) atoms. The Balaban J connectivity index is 2.18. The van der Waals surface area contributed by atoms with Gasteiger partial charge in [-0.1, -0.05) is 6.92 Å². The van der Waals surface area contributed by atoms with Crippen LogP contribution in [0.3, 0.4) is 0 Å². The van der Waals surface area contributed by atoms with E-state index < -0.39 is 0 Å². The quantitative estimate of drug-likeness (QED) is 0.528. The van der Waals surface area contributed by atoms with Crippen molar-refractivity contribution < 1.29 is 9.47 Å². The lowest BCUT2D eigenvalue weighted by molar-refractivity contribution is 0.103. The second-order valence-corrected chi connectivity index (χ2v) is 2.42. The molecule has 54 valence electrons. The van der Waals surface area contributed by atoms with Crippen molar-refractivity contribution in [3.05, 3.63) is 0 Å². The molecule has 0 aromatic carbocycles. The summed E-state index contributed by atoms with van der Waals surface area (Å²) in [6.07, 6.45) is 1.17.